The molecule has 0 spiro atoms. The molecule has 0 N–H and O–H groups in total. The van der Waals surface area contributed by atoms with Crippen molar-refractivity contribution in [2.45, 2.75) is 0 Å². The average molecular weight is 212 g/mol. The molecule has 2 rings (SSSR count). The molecule has 1 aliphatic rings. The Kier molecular flexibility index (Phi) is 2.25. The maximum atomic E-state index is 5.97. The van der Waals surface area contributed by atoms with Gasteiger partial charge >= 0.3 is 0 Å². The van der Waals surface area contributed by atoms with Crippen LogP contribution in [0.5, 0.6) is 0 Å². The maximum Gasteiger partial charge on any atom is 0.0960 e. The van der Waals surface area contributed by atoms with Crippen LogP contribution in [0, 0.1) is 0 Å². The lowest BCUT2D eigenvalue weighted by molar-refractivity contribution is 0.972. The van der Waals surface area contributed by atoms with E-state index in [1.807, 2.05) is 6.07 Å². The normalized spacial score (nSPS) is 14.2. The average Bonchev–Trinajstić information content (AvgIpc) is 2.56. The van der Waals surface area contributed by atoms with Gasteiger partial charge in [0, 0.05) is 10.6 Å². The van der Waals surface area contributed by atoms with E-state index in [9.17, 15) is 0 Å². The first kappa shape index (κ1) is 8.60. The number of rotatable bonds is 1. The summed E-state index contributed by atoms with van der Waals surface area (Å²) in [6, 6.07) is 5.29. The van der Waals surface area contributed by atoms with Crippen molar-refractivity contribution >= 4 is 28.9 Å². The van der Waals surface area contributed by atoms with Crippen LogP contribution in [0.1, 0.15) is 5.56 Å². The Bertz CT molecular complexity index is 397. The lowest BCUT2D eigenvalue weighted by Gasteiger charge is -2.00. The van der Waals surface area contributed by atoms with Crippen molar-refractivity contribution < 1.29 is 0 Å². The van der Waals surface area contributed by atoms with E-state index in [-0.39, 0.29) is 0 Å². The summed E-state index contributed by atoms with van der Waals surface area (Å²) in [4.78, 5) is 0. The Balaban J connectivity index is 2.46. The SMILES string of the molecule is Clc1ccc(C2=N[N]C=C2)c(Cl)c1. The van der Waals surface area contributed by atoms with Crippen molar-refractivity contribution in [3.63, 3.8) is 0 Å². The lowest BCUT2D eigenvalue weighted by atomic mass is 10.1. The molecular formula is C9H5Cl2N2. The highest BCUT2D eigenvalue weighted by Gasteiger charge is 2.08. The molecule has 0 bridgehead atoms. The van der Waals surface area contributed by atoms with Crippen molar-refractivity contribution in [2.24, 2.45) is 5.10 Å². The van der Waals surface area contributed by atoms with Gasteiger partial charge in [-0.25, -0.2) is 0 Å². The Labute approximate surface area is 85.9 Å². The highest BCUT2D eigenvalue weighted by molar-refractivity contribution is 6.37. The Morgan fingerprint density at radius 1 is 1.15 bits per heavy atom. The standard InChI is InChI=1S/C9H5Cl2N2/c10-6-1-2-7(8(11)5-6)9-3-4-12-13-9/h1-5H. The minimum Gasteiger partial charge on any atom is -0.158 e. The predicted octanol–water partition coefficient (Wildman–Crippen LogP) is 2.83. The van der Waals surface area contributed by atoms with E-state index < -0.39 is 0 Å². The van der Waals surface area contributed by atoms with Crippen LogP contribution in [0.3, 0.4) is 0 Å². The molecule has 1 radical (unpaired) electrons. The van der Waals surface area contributed by atoms with Gasteiger partial charge in [0.05, 0.1) is 16.9 Å². The second-order valence-electron chi connectivity index (χ2n) is 2.54. The molecule has 0 atom stereocenters. The summed E-state index contributed by atoms with van der Waals surface area (Å²) in [5, 5.41) is 5.11. The second kappa shape index (κ2) is 3.40. The fourth-order valence-electron chi connectivity index (χ4n) is 1.07. The fraction of sp³-hybridized carbons (Fsp3) is 0. The van der Waals surface area contributed by atoms with E-state index in [2.05, 4.69) is 10.5 Å². The maximum absolute atomic E-state index is 5.97. The van der Waals surface area contributed by atoms with E-state index in [0.717, 1.165) is 11.3 Å². The Hall–Kier alpha value is -0.990. The molecule has 0 saturated carbocycles. The van der Waals surface area contributed by atoms with E-state index in [4.69, 9.17) is 23.2 Å². The molecule has 1 aromatic rings. The van der Waals surface area contributed by atoms with Crippen LogP contribution >= 0.6 is 23.2 Å². The molecule has 13 heavy (non-hydrogen) atoms. The molecular weight excluding hydrogens is 207 g/mol. The predicted molar refractivity (Wildman–Crippen MR) is 54.3 cm³/mol. The largest absolute Gasteiger partial charge is 0.158 e. The monoisotopic (exact) mass is 211 g/mol. The summed E-state index contributed by atoms with van der Waals surface area (Å²) in [5.41, 5.74) is 5.34. The molecule has 0 fully saturated rings. The highest BCUT2D eigenvalue weighted by atomic mass is 35.5. The van der Waals surface area contributed by atoms with Crippen LogP contribution in [-0.4, -0.2) is 5.71 Å². The zero-order chi connectivity index (χ0) is 9.26. The molecule has 0 saturated heterocycles. The number of allylic oxidation sites excluding steroid dienone is 1. The highest BCUT2D eigenvalue weighted by Crippen LogP contribution is 2.22. The molecule has 4 heteroatoms. The molecule has 0 unspecified atom stereocenters. The molecule has 65 valence electrons. The summed E-state index contributed by atoms with van der Waals surface area (Å²) in [7, 11) is 0. The summed E-state index contributed by atoms with van der Waals surface area (Å²) in [6.07, 6.45) is 3.43. The summed E-state index contributed by atoms with van der Waals surface area (Å²) < 4.78 is 0. The fourth-order valence-corrected chi connectivity index (χ4v) is 1.58. The van der Waals surface area contributed by atoms with Crippen molar-refractivity contribution in [2.75, 3.05) is 0 Å². The van der Waals surface area contributed by atoms with E-state index >= 15 is 0 Å². The molecule has 2 nitrogen and oxygen atoms in total. The van der Waals surface area contributed by atoms with Gasteiger partial charge in [-0.15, -0.1) is 0 Å². The van der Waals surface area contributed by atoms with Crippen LogP contribution in [0.15, 0.2) is 35.6 Å². The third kappa shape index (κ3) is 1.69. The third-order valence-electron chi connectivity index (χ3n) is 1.67. The molecule has 0 aliphatic carbocycles. The van der Waals surface area contributed by atoms with Crippen LogP contribution in [0.25, 0.3) is 0 Å². The first-order chi connectivity index (χ1) is 6.27. The first-order valence-electron chi connectivity index (χ1n) is 3.67. The van der Waals surface area contributed by atoms with E-state index in [0.29, 0.717) is 10.0 Å². The topological polar surface area (TPSA) is 26.5 Å². The van der Waals surface area contributed by atoms with Gasteiger partial charge in [0.1, 0.15) is 0 Å². The summed E-state index contributed by atoms with van der Waals surface area (Å²) in [5.74, 6) is 0. The van der Waals surface area contributed by atoms with Crippen LogP contribution in [0.2, 0.25) is 10.0 Å². The number of hydrogen-bond acceptors (Lipinski definition) is 1. The van der Waals surface area contributed by atoms with Gasteiger partial charge in [0.25, 0.3) is 0 Å². The van der Waals surface area contributed by atoms with Crippen molar-refractivity contribution in [3.05, 3.63) is 46.1 Å². The zero-order valence-corrected chi connectivity index (χ0v) is 8.05. The van der Waals surface area contributed by atoms with Crippen LogP contribution in [-0.2, 0) is 0 Å². The molecule has 0 amide bonds. The molecule has 1 aromatic carbocycles. The first-order valence-corrected chi connectivity index (χ1v) is 4.43. The minimum atomic E-state index is 0.591. The van der Waals surface area contributed by atoms with Gasteiger partial charge in [-0.05, 0) is 24.3 Å². The lowest BCUT2D eigenvalue weighted by Crippen LogP contribution is -1.95. The van der Waals surface area contributed by atoms with Gasteiger partial charge in [-0.1, -0.05) is 23.2 Å². The molecule has 1 aliphatic heterocycles. The number of hydrogen-bond donors (Lipinski definition) is 0. The van der Waals surface area contributed by atoms with Gasteiger partial charge < -0.3 is 0 Å². The molecule has 0 aromatic heterocycles. The second-order valence-corrected chi connectivity index (χ2v) is 3.38. The van der Waals surface area contributed by atoms with Crippen LogP contribution in [0.4, 0.5) is 0 Å². The Morgan fingerprint density at radius 2 is 2.00 bits per heavy atom. The Morgan fingerprint density at radius 3 is 2.62 bits per heavy atom. The summed E-state index contributed by atoms with van der Waals surface area (Å²) >= 11 is 11.7. The quantitative estimate of drug-likeness (QED) is 0.684. The van der Waals surface area contributed by atoms with Crippen molar-refractivity contribution in [1.82, 2.24) is 5.43 Å². The smallest absolute Gasteiger partial charge is 0.0960 e. The van der Waals surface area contributed by atoms with Gasteiger partial charge in [-0.3, -0.25) is 0 Å². The van der Waals surface area contributed by atoms with Crippen LogP contribution < -0.4 is 5.43 Å². The van der Waals surface area contributed by atoms with Gasteiger partial charge in [0.15, 0.2) is 0 Å². The third-order valence-corrected chi connectivity index (χ3v) is 2.22. The molecule has 1 heterocycles. The van der Waals surface area contributed by atoms with Crippen molar-refractivity contribution in [1.29, 1.82) is 0 Å². The van der Waals surface area contributed by atoms with Gasteiger partial charge in [-0.2, -0.15) is 10.5 Å². The zero-order valence-electron chi connectivity index (χ0n) is 6.54. The number of nitrogens with zero attached hydrogens (tertiary/aromatic N) is 2. The number of benzene rings is 1. The van der Waals surface area contributed by atoms with Crippen molar-refractivity contribution in [3.8, 4) is 0 Å². The van der Waals surface area contributed by atoms with E-state index in [1.54, 1.807) is 24.4 Å². The minimum absolute atomic E-state index is 0.591. The number of halogens is 2. The summed E-state index contributed by atoms with van der Waals surface area (Å²) in [6.45, 7) is 0. The van der Waals surface area contributed by atoms with E-state index in [1.165, 1.54) is 0 Å². The van der Waals surface area contributed by atoms with Gasteiger partial charge in [0.2, 0.25) is 0 Å².